The fraction of sp³-hybridized carbons (Fsp3) is 0.143. The van der Waals surface area contributed by atoms with Gasteiger partial charge in [0.1, 0.15) is 0 Å². The molecule has 0 aliphatic rings. The van der Waals surface area contributed by atoms with Gasteiger partial charge in [-0.2, -0.15) is 0 Å². The van der Waals surface area contributed by atoms with Crippen LogP contribution in [0, 0.1) is 6.92 Å². The SMILES string of the molecule is Cc1ccc(P(=O)(O)O)cc1.[HH].[HH]. The maximum atomic E-state index is 10.6. The predicted molar refractivity (Wildman–Crippen MR) is 47.1 cm³/mol. The van der Waals surface area contributed by atoms with Gasteiger partial charge < -0.3 is 9.79 Å². The summed E-state index contributed by atoms with van der Waals surface area (Å²) in [5.41, 5.74) is 0.988. The van der Waals surface area contributed by atoms with E-state index in [2.05, 4.69) is 0 Å². The lowest BCUT2D eigenvalue weighted by Gasteiger charge is -2.02. The number of benzene rings is 1. The third-order valence-corrected chi connectivity index (χ3v) is 2.34. The standard InChI is InChI=1S/C7H9O3P.2H2/c1-6-2-4-7(5-3-6)11(8,9)10;;/h2-5H,1H3,(H2,8,9,10);2*1H. The normalized spacial score (nSPS) is 11.5. The smallest absolute Gasteiger partial charge is 0.321 e. The fourth-order valence-corrected chi connectivity index (χ4v) is 1.28. The second-order valence-electron chi connectivity index (χ2n) is 2.38. The van der Waals surface area contributed by atoms with Crippen LogP contribution in [0.4, 0.5) is 0 Å². The molecule has 2 N–H and O–H groups in total. The lowest BCUT2D eigenvalue weighted by atomic mass is 10.2. The minimum Gasteiger partial charge on any atom is -0.321 e. The molecule has 0 atom stereocenters. The molecule has 0 bridgehead atoms. The minimum atomic E-state index is -4.04. The lowest BCUT2D eigenvalue weighted by molar-refractivity contribution is 0.387. The quantitative estimate of drug-likeness (QED) is 0.634. The Bertz CT molecular complexity index is 293. The fourth-order valence-electron chi connectivity index (χ4n) is 0.739. The Balaban J connectivity index is 0. The Labute approximate surface area is 67.8 Å². The van der Waals surface area contributed by atoms with E-state index in [9.17, 15) is 4.57 Å². The summed E-state index contributed by atoms with van der Waals surface area (Å²) in [6.45, 7) is 1.86. The highest BCUT2D eigenvalue weighted by Crippen LogP contribution is 2.32. The Morgan fingerprint density at radius 2 is 1.73 bits per heavy atom. The molecule has 1 rings (SSSR count). The average Bonchev–Trinajstić information content (AvgIpc) is 1.86. The highest BCUT2D eigenvalue weighted by molar-refractivity contribution is 7.60. The summed E-state index contributed by atoms with van der Waals surface area (Å²) in [4.78, 5) is 17.4. The van der Waals surface area contributed by atoms with Gasteiger partial charge in [0.15, 0.2) is 0 Å². The van der Waals surface area contributed by atoms with Crippen LogP contribution < -0.4 is 5.30 Å². The molecule has 0 fully saturated rings. The zero-order valence-corrected chi connectivity index (χ0v) is 6.95. The van der Waals surface area contributed by atoms with Crippen molar-refractivity contribution in [3.05, 3.63) is 29.8 Å². The first-order chi connectivity index (χ1) is 5.00. The van der Waals surface area contributed by atoms with Crippen LogP contribution in [0.25, 0.3) is 0 Å². The topological polar surface area (TPSA) is 57.5 Å². The van der Waals surface area contributed by atoms with Gasteiger partial charge in [0.2, 0.25) is 0 Å². The second-order valence-corrected chi connectivity index (χ2v) is 3.98. The molecule has 0 spiro atoms. The van der Waals surface area contributed by atoms with E-state index >= 15 is 0 Å². The highest BCUT2D eigenvalue weighted by Gasteiger charge is 2.15. The van der Waals surface area contributed by atoms with E-state index in [0.29, 0.717) is 0 Å². The van der Waals surface area contributed by atoms with Crippen molar-refractivity contribution in [1.82, 2.24) is 0 Å². The number of hydrogen-bond acceptors (Lipinski definition) is 1. The van der Waals surface area contributed by atoms with Crippen LogP contribution in [0.5, 0.6) is 0 Å². The summed E-state index contributed by atoms with van der Waals surface area (Å²) >= 11 is 0. The number of rotatable bonds is 1. The third-order valence-electron chi connectivity index (χ3n) is 1.37. The Morgan fingerprint density at radius 1 is 1.27 bits per heavy atom. The van der Waals surface area contributed by atoms with Gasteiger partial charge >= 0.3 is 7.60 Å². The molecular weight excluding hydrogens is 163 g/mol. The molecule has 0 amide bonds. The van der Waals surface area contributed by atoms with Gasteiger partial charge in [-0.25, -0.2) is 0 Å². The predicted octanol–water partition coefficient (Wildman–Crippen LogP) is 1.29. The van der Waals surface area contributed by atoms with E-state index in [4.69, 9.17) is 9.79 Å². The van der Waals surface area contributed by atoms with Crippen LogP contribution in [0.1, 0.15) is 8.42 Å². The van der Waals surface area contributed by atoms with Crippen molar-refractivity contribution < 1.29 is 17.2 Å². The molecule has 0 aliphatic heterocycles. The maximum absolute atomic E-state index is 10.6. The Morgan fingerprint density at radius 3 is 2.09 bits per heavy atom. The van der Waals surface area contributed by atoms with E-state index in [-0.39, 0.29) is 8.16 Å². The molecule has 0 saturated carbocycles. The zero-order chi connectivity index (χ0) is 8.48. The van der Waals surface area contributed by atoms with Crippen molar-refractivity contribution in [1.29, 1.82) is 0 Å². The summed E-state index contributed by atoms with van der Waals surface area (Å²) in [5, 5.41) is 0.0723. The van der Waals surface area contributed by atoms with E-state index < -0.39 is 7.60 Å². The van der Waals surface area contributed by atoms with E-state index in [1.807, 2.05) is 6.92 Å². The monoisotopic (exact) mass is 176 g/mol. The summed E-state index contributed by atoms with van der Waals surface area (Å²) in [6, 6.07) is 6.23. The Hall–Kier alpha value is -0.630. The third kappa shape index (κ3) is 2.15. The first kappa shape index (κ1) is 8.47. The molecular formula is C7H13O3P. The molecule has 0 aromatic heterocycles. The molecule has 0 radical (unpaired) electrons. The maximum Gasteiger partial charge on any atom is 0.356 e. The van der Waals surface area contributed by atoms with Gasteiger partial charge in [-0.3, -0.25) is 4.57 Å². The van der Waals surface area contributed by atoms with Crippen LogP contribution in [0.2, 0.25) is 0 Å². The number of hydrogen-bond donors (Lipinski definition) is 2. The number of aryl methyl sites for hydroxylation is 1. The van der Waals surface area contributed by atoms with Crippen molar-refractivity contribution in [3.63, 3.8) is 0 Å². The van der Waals surface area contributed by atoms with Crippen molar-refractivity contribution in [2.75, 3.05) is 0 Å². The lowest BCUT2D eigenvalue weighted by Crippen LogP contribution is -2.02. The molecule has 0 unspecified atom stereocenters. The molecule has 0 aliphatic carbocycles. The molecule has 0 heterocycles. The van der Waals surface area contributed by atoms with Crippen molar-refractivity contribution in [2.24, 2.45) is 0 Å². The highest BCUT2D eigenvalue weighted by atomic mass is 31.2. The first-order valence-corrected chi connectivity index (χ1v) is 4.74. The molecule has 11 heavy (non-hydrogen) atoms. The van der Waals surface area contributed by atoms with Gasteiger partial charge in [-0.05, 0) is 19.1 Å². The average molecular weight is 176 g/mol. The molecule has 1 aromatic rings. The Kier molecular flexibility index (Phi) is 2.14. The summed E-state index contributed by atoms with van der Waals surface area (Å²) < 4.78 is 10.6. The van der Waals surface area contributed by atoms with Crippen LogP contribution in [0.3, 0.4) is 0 Å². The van der Waals surface area contributed by atoms with E-state index in [1.54, 1.807) is 12.1 Å². The molecule has 64 valence electrons. The van der Waals surface area contributed by atoms with Crippen molar-refractivity contribution >= 4 is 12.9 Å². The summed E-state index contributed by atoms with van der Waals surface area (Å²) in [6.07, 6.45) is 0. The van der Waals surface area contributed by atoms with Gasteiger partial charge in [0, 0.05) is 2.85 Å². The second kappa shape index (κ2) is 2.78. The summed E-state index contributed by atoms with van der Waals surface area (Å²) in [5.74, 6) is 0. The largest absolute Gasteiger partial charge is 0.356 e. The van der Waals surface area contributed by atoms with Crippen LogP contribution >= 0.6 is 7.60 Å². The van der Waals surface area contributed by atoms with E-state index in [1.165, 1.54) is 12.1 Å². The molecule has 3 nitrogen and oxygen atoms in total. The van der Waals surface area contributed by atoms with Gasteiger partial charge in [-0.1, -0.05) is 17.7 Å². The van der Waals surface area contributed by atoms with Gasteiger partial charge in [0.25, 0.3) is 0 Å². The van der Waals surface area contributed by atoms with Crippen molar-refractivity contribution in [2.45, 2.75) is 6.92 Å². The molecule has 4 heteroatoms. The zero-order valence-electron chi connectivity index (χ0n) is 6.06. The minimum absolute atomic E-state index is 0. The summed E-state index contributed by atoms with van der Waals surface area (Å²) in [7, 11) is -4.04. The first-order valence-electron chi connectivity index (χ1n) is 3.13. The molecule has 0 saturated heterocycles. The van der Waals surface area contributed by atoms with Crippen LogP contribution in [-0.4, -0.2) is 9.79 Å². The molecule has 1 aromatic carbocycles. The van der Waals surface area contributed by atoms with Crippen LogP contribution in [0.15, 0.2) is 24.3 Å². The van der Waals surface area contributed by atoms with E-state index in [0.717, 1.165) is 5.56 Å². The van der Waals surface area contributed by atoms with Gasteiger partial charge in [0.05, 0.1) is 5.30 Å². The van der Waals surface area contributed by atoms with Gasteiger partial charge in [-0.15, -0.1) is 0 Å². The van der Waals surface area contributed by atoms with Crippen LogP contribution in [-0.2, 0) is 4.57 Å². The van der Waals surface area contributed by atoms with Crippen molar-refractivity contribution in [3.8, 4) is 0 Å².